The Morgan fingerprint density at radius 3 is 1.90 bits per heavy atom. The Balaban J connectivity index is 2.49. The summed E-state index contributed by atoms with van der Waals surface area (Å²) in [6.45, 7) is 2.38. The van der Waals surface area contributed by atoms with Crippen molar-refractivity contribution >= 4 is 45.2 Å². The van der Waals surface area contributed by atoms with E-state index in [1.54, 1.807) is 0 Å². The van der Waals surface area contributed by atoms with Crippen molar-refractivity contribution in [2.45, 2.75) is 8.10 Å². The topological polar surface area (TPSA) is 6.48 Å². The monoisotopic (exact) mass is 366 g/mol. The number of hydrogen-bond acceptors (Lipinski definition) is 2. The normalized spacial score (nSPS) is 38.4. The van der Waals surface area contributed by atoms with Gasteiger partial charge in [0.1, 0.15) is 0 Å². The summed E-state index contributed by atoms with van der Waals surface area (Å²) >= 11 is 4.99. The Morgan fingerprint density at radius 1 is 1.10 bits per heavy atom. The zero-order chi connectivity index (χ0) is 7.72. The Labute approximate surface area is 89.6 Å². The van der Waals surface area contributed by atoms with Gasteiger partial charge in [-0.3, -0.25) is 4.90 Å². The summed E-state index contributed by atoms with van der Waals surface area (Å²) in [5.74, 6) is 0. The first-order chi connectivity index (χ1) is 4.61. The first kappa shape index (κ1) is 9.47. The van der Waals surface area contributed by atoms with Crippen LogP contribution in [0.3, 0.4) is 0 Å². The van der Waals surface area contributed by atoms with E-state index in [1.807, 2.05) is 0 Å². The summed E-state index contributed by atoms with van der Waals surface area (Å²) < 4.78 is 1.36. The van der Waals surface area contributed by atoms with Crippen molar-refractivity contribution in [1.82, 2.24) is 9.80 Å². The van der Waals surface area contributed by atoms with Gasteiger partial charge < -0.3 is 4.90 Å². The zero-order valence-electron chi connectivity index (χ0n) is 6.22. The molecule has 2 unspecified atom stereocenters. The Hall–Kier alpha value is 1.38. The van der Waals surface area contributed by atoms with Gasteiger partial charge in [-0.1, -0.05) is 45.2 Å². The molecule has 10 heavy (non-hydrogen) atoms. The fourth-order valence-corrected chi connectivity index (χ4v) is 3.76. The molecule has 1 heterocycles. The summed E-state index contributed by atoms with van der Waals surface area (Å²) in [4.78, 5) is 4.80. The maximum absolute atomic E-state index is 2.49. The number of likely N-dealkylation sites (N-methyl/N-ethyl adjacent to an activating group) is 2. The molecule has 1 rings (SSSR count). The summed E-state index contributed by atoms with van der Waals surface area (Å²) in [7, 11) is 4.38. The van der Waals surface area contributed by atoms with E-state index in [0.29, 0.717) is 8.10 Å². The quantitative estimate of drug-likeness (QED) is 0.363. The molecule has 60 valence electrons. The standard InChI is InChI=1S/C6H12I2N2/c1-9-3-5(7)10(2)6(8)4-9/h5-6H,3-4H2,1-2H3. The van der Waals surface area contributed by atoms with Gasteiger partial charge in [-0.15, -0.1) is 0 Å². The van der Waals surface area contributed by atoms with Crippen molar-refractivity contribution in [2.75, 3.05) is 27.2 Å². The molecule has 1 aliphatic rings. The lowest BCUT2D eigenvalue weighted by Gasteiger charge is -2.38. The summed E-state index contributed by atoms with van der Waals surface area (Å²) in [5, 5.41) is 0. The minimum absolute atomic E-state index is 0.679. The molecule has 0 aromatic rings. The molecule has 0 aromatic carbocycles. The number of rotatable bonds is 0. The lowest BCUT2D eigenvalue weighted by Crippen LogP contribution is -2.50. The van der Waals surface area contributed by atoms with Gasteiger partial charge >= 0.3 is 0 Å². The van der Waals surface area contributed by atoms with E-state index in [1.165, 1.54) is 13.1 Å². The van der Waals surface area contributed by atoms with E-state index >= 15 is 0 Å². The predicted octanol–water partition coefficient (Wildman–Crippen LogP) is 1.39. The highest BCUT2D eigenvalue weighted by atomic mass is 127. The number of halogens is 2. The second-order valence-electron chi connectivity index (χ2n) is 2.76. The smallest absolute Gasteiger partial charge is 0.0753 e. The van der Waals surface area contributed by atoms with Crippen LogP contribution >= 0.6 is 45.2 Å². The average Bonchev–Trinajstić information content (AvgIpc) is 1.82. The third-order valence-corrected chi connectivity index (χ3v) is 4.35. The van der Waals surface area contributed by atoms with Crippen LogP contribution < -0.4 is 0 Å². The molecule has 1 saturated heterocycles. The third kappa shape index (κ3) is 2.18. The van der Waals surface area contributed by atoms with E-state index in [4.69, 9.17) is 0 Å². The van der Waals surface area contributed by atoms with Crippen LogP contribution in [0.1, 0.15) is 0 Å². The second-order valence-corrected chi connectivity index (χ2v) is 5.63. The minimum Gasteiger partial charge on any atom is -0.302 e. The van der Waals surface area contributed by atoms with Gasteiger partial charge in [-0.2, -0.15) is 0 Å². The van der Waals surface area contributed by atoms with Crippen molar-refractivity contribution in [3.8, 4) is 0 Å². The van der Waals surface area contributed by atoms with Gasteiger partial charge in [0.2, 0.25) is 0 Å². The average molecular weight is 366 g/mol. The molecule has 1 fully saturated rings. The zero-order valence-corrected chi connectivity index (χ0v) is 10.5. The summed E-state index contributed by atoms with van der Waals surface area (Å²) in [5.41, 5.74) is 0. The van der Waals surface area contributed by atoms with Crippen LogP contribution in [0, 0.1) is 0 Å². The summed E-state index contributed by atoms with van der Waals surface area (Å²) in [6.07, 6.45) is 0. The molecular weight excluding hydrogens is 354 g/mol. The number of alkyl halides is 2. The largest absolute Gasteiger partial charge is 0.302 e. The highest BCUT2D eigenvalue weighted by molar-refractivity contribution is 14.1. The van der Waals surface area contributed by atoms with Crippen molar-refractivity contribution in [1.29, 1.82) is 0 Å². The number of hydrogen-bond donors (Lipinski definition) is 0. The van der Waals surface area contributed by atoms with Crippen LogP contribution in [-0.4, -0.2) is 45.1 Å². The van der Waals surface area contributed by atoms with Gasteiger partial charge in [-0.05, 0) is 14.1 Å². The molecule has 0 aliphatic carbocycles. The maximum Gasteiger partial charge on any atom is 0.0753 e. The molecule has 0 N–H and O–H groups in total. The Morgan fingerprint density at radius 2 is 1.50 bits per heavy atom. The van der Waals surface area contributed by atoms with Crippen LogP contribution in [0.25, 0.3) is 0 Å². The third-order valence-electron chi connectivity index (χ3n) is 1.81. The molecule has 0 spiro atoms. The lowest BCUT2D eigenvalue weighted by atomic mass is 10.4. The fraction of sp³-hybridized carbons (Fsp3) is 1.00. The van der Waals surface area contributed by atoms with E-state index < -0.39 is 0 Å². The highest BCUT2D eigenvalue weighted by Gasteiger charge is 2.25. The van der Waals surface area contributed by atoms with Gasteiger partial charge in [0.05, 0.1) is 8.10 Å². The van der Waals surface area contributed by atoms with Crippen molar-refractivity contribution in [3.63, 3.8) is 0 Å². The molecule has 0 saturated carbocycles. The molecule has 2 atom stereocenters. The van der Waals surface area contributed by atoms with Crippen LogP contribution in [-0.2, 0) is 0 Å². The molecule has 0 bridgehead atoms. The molecule has 0 amide bonds. The van der Waals surface area contributed by atoms with E-state index in [9.17, 15) is 0 Å². The first-order valence-electron chi connectivity index (χ1n) is 3.30. The highest BCUT2D eigenvalue weighted by Crippen LogP contribution is 2.20. The molecule has 0 radical (unpaired) electrons. The van der Waals surface area contributed by atoms with E-state index in [0.717, 1.165) is 0 Å². The van der Waals surface area contributed by atoms with Crippen LogP contribution in [0.15, 0.2) is 0 Å². The van der Waals surface area contributed by atoms with Crippen molar-refractivity contribution in [3.05, 3.63) is 0 Å². The van der Waals surface area contributed by atoms with Crippen molar-refractivity contribution in [2.24, 2.45) is 0 Å². The van der Waals surface area contributed by atoms with Crippen molar-refractivity contribution < 1.29 is 0 Å². The number of piperazine rings is 1. The first-order valence-corrected chi connectivity index (χ1v) is 5.79. The minimum atomic E-state index is 0.679. The van der Waals surface area contributed by atoms with E-state index in [-0.39, 0.29) is 0 Å². The molecule has 0 aromatic heterocycles. The van der Waals surface area contributed by atoms with Gasteiger partial charge in [0.15, 0.2) is 0 Å². The molecule has 1 aliphatic heterocycles. The van der Waals surface area contributed by atoms with E-state index in [2.05, 4.69) is 69.1 Å². The Bertz CT molecular complexity index is 108. The second kappa shape index (κ2) is 3.86. The lowest BCUT2D eigenvalue weighted by molar-refractivity contribution is 0.160. The van der Waals surface area contributed by atoms with Gasteiger partial charge in [0.25, 0.3) is 0 Å². The van der Waals surface area contributed by atoms with Gasteiger partial charge in [-0.25, -0.2) is 0 Å². The molecular formula is C6H12I2N2. The Kier molecular flexibility index (Phi) is 3.66. The fourth-order valence-electron chi connectivity index (χ4n) is 1.02. The summed E-state index contributed by atoms with van der Waals surface area (Å²) in [6, 6.07) is 0. The molecule has 2 nitrogen and oxygen atoms in total. The van der Waals surface area contributed by atoms with Crippen LogP contribution in [0.5, 0.6) is 0 Å². The maximum atomic E-state index is 2.49. The predicted molar refractivity (Wildman–Crippen MR) is 60.9 cm³/mol. The van der Waals surface area contributed by atoms with Crippen LogP contribution in [0.2, 0.25) is 0 Å². The van der Waals surface area contributed by atoms with Gasteiger partial charge in [0, 0.05) is 13.1 Å². The van der Waals surface area contributed by atoms with Crippen LogP contribution in [0.4, 0.5) is 0 Å². The SMILES string of the molecule is CN1CC(I)N(C)C(I)C1. The molecule has 4 heteroatoms. The number of nitrogens with zero attached hydrogens (tertiary/aromatic N) is 2.